The topological polar surface area (TPSA) is 78.7 Å². The van der Waals surface area contributed by atoms with Gasteiger partial charge in [-0.2, -0.15) is 5.26 Å². The summed E-state index contributed by atoms with van der Waals surface area (Å²) >= 11 is 0. The number of guanidine groups is 1. The number of hydrogen-bond donors (Lipinski definition) is 2. The van der Waals surface area contributed by atoms with Gasteiger partial charge >= 0.3 is 0 Å². The monoisotopic (exact) mass is 384 g/mol. The van der Waals surface area contributed by atoms with Crippen LogP contribution in [0.5, 0.6) is 5.75 Å². The second-order valence-corrected chi connectivity index (χ2v) is 5.96. The van der Waals surface area contributed by atoms with E-state index in [1.54, 1.807) is 19.2 Å². The van der Waals surface area contributed by atoms with E-state index in [9.17, 15) is 4.39 Å². The first kappa shape index (κ1) is 21.2. The van der Waals surface area contributed by atoms with Gasteiger partial charge in [0.15, 0.2) is 5.96 Å². The molecule has 6 nitrogen and oxygen atoms in total. The Hall–Kier alpha value is -3.11. The fraction of sp³-hybridized carbons (Fsp3) is 0.333. The van der Waals surface area contributed by atoms with Crippen LogP contribution in [0.1, 0.15) is 24.5 Å². The lowest BCUT2D eigenvalue weighted by atomic mass is 10.1. The van der Waals surface area contributed by atoms with E-state index in [4.69, 9.17) is 14.7 Å². The molecule has 148 valence electrons. The van der Waals surface area contributed by atoms with Gasteiger partial charge in [-0.05, 0) is 31.2 Å². The number of ether oxygens (including phenoxy) is 2. The van der Waals surface area contributed by atoms with E-state index in [0.29, 0.717) is 31.3 Å². The van der Waals surface area contributed by atoms with Gasteiger partial charge < -0.3 is 20.1 Å². The summed E-state index contributed by atoms with van der Waals surface area (Å²) in [4.78, 5) is 4.43. The molecule has 0 fully saturated rings. The molecule has 7 heteroatoms. The molecule has 0 aliphatic carbocycles. The lowest BCUT2D eigenvalue weighted by Crippen LogP contribution is -2.30. The molecular weight excluding hydrogens is 359 g/mol. The highest BCUT2D eigenvalue weighted by molar-refractivity contribution is 5.93. The first-order chi connectivity index (χ1) is 13.7. The van der Waals surface area contributed by atoms with Gasteiger partial charge in [0, 0.05) is 44.0 Å². The van der Waals surface area contributed by atoms with E-state index in [0.717, 1.165) is 17.9 Å². The highest BCUT2D eigenvalue weighted by Crippen LogP contribution is 2.18. The summed E-state index contributed by atoms with van der Waals surface area (Å²) in [7, 11) is 1.66. The Morgan fingerprint density at radius 1 is 1.21 bits per heavy atom. The SMILES string of the molecule is CCNC(=NCc1ccc(C#N)cc1F)Nc1cccc(OCCCOC)c1. The number of nitriles is 1. The van der Waals surface area contributed by atoms with Crippen LogP contribution in [0.25, 0.3) is 0 Å². The third kappa shape index (κ3) is 6.89. The summed E-state index contributed by atoms with van der Waals surface area (Å²) in [6.07, 6.45) is 0.814. The number of rotatable bonds is 9. The van der Waals surface area contributed by atoms with Crippen molar-refractivity contribution in [3.8, 4) is 11.8 Å². The third-order valence-electron chi connectivity index (χ3n) is 3.79. The van der Waals surface area contributed by atoms with Crippen LogP contribution in [0, 0.1) is 17.1 Å². The zero-order valence-corrected chi connectivity index (χ0v) is 16.2. The molecule has 2 aromatic rings. The summed E-state index contributed by atoms with van der Waals surface area (Å²) in [6.45, 7) is 3.99. The molecule has 0 atom stereocenters. The minimum atomic E-state index is -0.440. The smallest absolute Gasteiger partial charge is 0.196 e. The molecule has 0 radical (unpaired) electrons. The number of halogens is 1. The molecule has 0 spiro atoms. The van der Waals surface area contributed by atoms with Crippen LogP contribution in [0.15, 0.2) is 47.5 Å². The van der Waals surface area contributed by atoms with Gasteiger partial charge in [0.05, 0.1) is 24.8 Å². The zero-order chi connectivity index (χ0) is 20.2. The van der Waals surface area contributed by atoms with Crippen molar-refractivity contribution in [2.75, 3.05) is 32.2 Å². The van der Waals surface area contributed by atoms with Crippen LogP contribution >= 0.6 is 0 Å². The fourth-order valence-electron chi connectivity index (χ4n) is 2.41. The van der Waals surface area contributed by atoms with E-state index >= 15 is 0 Å². The van der Waals surface area contributed by atoms with E-state index in [-0.39, 0.29) is 12.1 Å². The zero-order valence-electron chi connectivity index (χ0n) is 16.2. The molecule has 0 amide bonds. The number of benzene rings is 2. The van der Waals surface area contributed by atoms with E-state index in [2.05, 4.69) is 15.6 Å². The highest BCUT2D eigenvalue weighted by Gasteiger charge is 2.05. The second kappa shape index (κ2) is 11.6. The van der Waals surface area contributed by atoms with Gasteiger partial charge in [0.2, 0.25) is 0 Å². The van der Waals surface area contributed by atoms with Crippen LogP contribution in [-0.4, -0.2) is 32.8 Å². The maximum Gasteiger partial charge on any atom is 0.196 e. The second-order valence-electron chi connectivity index (χ2n) is 5.96. The van der Waals surface area contributed by atoms with Crippen molar-refractivity contribution in [3.63, 3.8) is 0 Å². The maximum atomic E-state index is 14.0. The standard InChI is InChI=1S/C21H25FN4O2/c1-3-24-21(25-15-17-9-8-16(14-23)12-20(17)22)26-18-6-4-7-19(13-18)28-11-5-10-27-2/h4,6-9,12-13H,3,5,10-11,15H2,1-2H3,(H2,24,25,26). The van der Waals surface area contributed by atoms with Crippen LogP contribution in [0.4, 0.5) is 10.1 Å². The molecule has 0 saturated heterocycles. The molecular formula is C21H25FN4O2. The first-order valence-corrected chi connectivity index (χ1v) is 9.12. The van der Waals surface area contributed by atoms with Crippen LogP contribution in [0.2, 0.25) is 0 Å². The summed E-state index contributed by atoms with van der Waals surface area (Å²) in [5.74, 6) is 0.836. The Bertz CT molecular complexity index is 833. The molecule has 28 heavy (non-hydrogen) atoms. The number of hydrogen-bond acceptors (Lipinski definition) is 4. The molecule has 2 rings (SSSR count). The Labute approximate surface area is 165 Å². The van der Waals surface area contributed by atoms with Crippen molar-refractivity contribution in [2.45, 2.75) is 19.9 Å². The van der Waals surface area contributed by atoms with Gasteiger partial charge in [-0.25, -0.2) is 9.38 Å². The summed E-state index contributed by atoms with van der Waals surface area (Å²) in [5.41, 5.74) is 1.52. The number of aliphatic imine (C=N–C) groups is 1. The molecule has 0 saturated carbocycles. The average molecular weight is 384 g/mol. The Kier molecular flexibility index (Phi) is 8.76. The Morgan fingerprint density at radius 2 is 2.07 bits per heavy atom. The molecule has 0 aliphatic rings. The van der Waals surface area contributed by atoms with Crippen molar-refractivity contribution in [2.24, 2.45) is 4.99 Å². The first-order valence-electron chi connectivity index (χ1n) is 9.12. The maximum absolute atomic E-state index is 14.0. The molecule has 0 bridgehead atoms. The molecule has 2 aromatic carbocycles. The third-order valence-corrected chi connectivity index (χ3v) is 3.79. The van der Waals surface area contributed by atoms with Gasteiger partial charge in [0.25, 0.3) is 0 Å². The van der Waals surface area contributed by atoms with Gasteiger partial charge in [-0.1, -0.05) is 12.1 Å². The molecule has 0 unspecified atom stereocenters. The van der Waals surface area contributed by atoms with Gasteiger partial charge in [-0.15, -0.1) is 0 Å². The van der Waals surface area contributed by atoms with Crippen molar-refractivity contribution in [3.05, 3.63) is 59.4 Å². The quantitative estimate of drug-likeness (QED) is 0.392. The minimum Gasteiger partial charge on any atom is -0.493 e. The minimum absolute atomic E-state index is 0.153. The Balaban J connectivity index is 2.04. The van der Waals surface area contributed by atoms with Crippen molar-refractivity contribution >= 4 is 11.6 Å². The van der Waals surface area contributed by atoms with Crippen molar-refractivity contribution in [1.82, 2.24) is 5.32 Å². The van der Waals surface area contributed by atoms with E-state index < -0.39 is 5.82 Å². The largest absolute Gasteiger partial charge is 0.493 e. The predicted octanol–water partition coefficient (Wildman–Crippen LogP) is 3.69. The summed E-state index contributed by atoms with van der Waals surface area (Å²) < 4.78 is 24.7. The molecule has 0 aliphatic heterocycles. The fourth-order valence-corrected chi connectivity index (χ4v) is 2.41. The highest BCUT2D eigenvalue weighted by atomic mass is 19.1. The summed E-state index contributed by atoms with van der Waals surface area (Å²) in [5, 5.41) is 15.2. The Morgan fingerprint density at radius 3 is 2.79 bits per heavy atom. The number of nitrogens with zero attached hydrogens (tertiary/aromatic N) is 2. The van der Waals surface area contributed by atoms with E-state index in [1.165, 1.54) is 6.07 Å². The van der Waals surface area contributed by atoms with Gasteiger partial charge in [-0.3, -0.25) is 0 Å². The molecule has 2 N–H and O–H groups in total. The van der Waals surface area contributed by atoms with Crippen LogP contribution < -0.4 is 15.4 Å². The van der Waals surface area contributed by atoms with Gasteiger partial charge in [0.1, 0.15) is 11.6 Å². The normalized spacial score (nSPS) is 11.0. The number of methoxy groups -OCH3 is 1. The van der Waals surface area contributed by atoms with Crippen molar-refractivity contribution < 1.29 is 13.9 Å². The lowest BCUT2D eigenvalue weighted by Gasteiger charge is -2.13. The van der Waals surface area contributed by atoms with E-state index in [1.807, 2.05) is 37.3 Å². The average Bonchev–Trinajstić information content (AvgIpc) is 2.70. The van der Waals surface area contributed by atoms with Crippen LogP contribution in [-0.2, 0) is 11.3 Å². The molecule has 0 heterocycles. The lowest BCUT2D eigenvalue weighted by molar-refractivity contribution is 0.172. The number of anilines is 1. The molecule has 0 aromatic heterocycles. The van der Waals surface area contributed by atoms with Crippen LogP contribution in [0.3, 0.4) is 0 Å². The summed E-state index contributed by atoms with van der Waals surface area (Å²) in [6, 6.07) is 13.8. The predicted molar refractivity (Wildman–Crippen MR) is 108 cm³/mol. The van der Waals surface area contributed by atoms with Crippen molar-refractivity contribution in [1.29, 1.82) is 5.26 Å². The number of nitrogens with one attached hydrogen (secondary N) is 2.